The first-order chi connectivity index (χ1) is 10.6. The lowest BCUT2D eigenvalue weighted by Gasteiger charge is -2.17. The van der Waals surface area contributed by atoms with Gasteiger partial charge in [0.1, 0.15) is 6.04 Å². The number of carbonyl (C=O) groups excluding carboxylic acids is 2. The molecule has 5 nitrogen and oxygen atoms in total. The van der Waals surface area contributed by atoms with Crippen molar-refractivity contribution in [1.82, 2.24) is 5.32 Å². The molecule has 1 unspecified atom stereocenters. The highest BCUT2D eigenvalue weighted by Gasteiger charge is 2.33. The average Bonchev–Trinajstić information content (AvgIpc) is 2.86. The second-order valence-electron chi connectivity index (χ2n) is 5.53. The summed E-state index contributed by atoms with van der Waals surface area (Å²) in [6, 6.07) is 7.46. The summed E-state index contributed by atoms with van der Waals surface area (Å²) in [5.74, 6) is -0.106. The molecule has 2 amide bonds. The number of carbonyl (C=O) groups is 2. The molecule has 22 heavy (non-hydrogen) atoms. The molecule has 0 aliphatic carbocycles. The van der Waals surface area contributed by atoms with Crippen LogP contribution in [0.3, 0.4) is 0 Å². The zero-order valence-electron chi connectivity index (χ0n) is 13.3. The fourth-order valence-corrected chi connectivity index (χ4v) is 2.54. The van der Waals surface area contributed by atoms with E-state index in [0.717, 1.165) is 11.3 Å². The fourth-order valence-electron chi connectivity index (χ4n) is 2.54. The van der Waals surface area contributed by atoms with Gasteiger partial charge in [0.25, 0.3) is 0 Å². The van der Waals surface area contributed by atoms with Gasteiger partial charge >= 0.3 is 0 Å². The van der Waals surface area contributed by atoms with Gasteiger partial charge in [-0.1, -0.05) is 17.7 Å². The van der Waals surface area contributed by atoms with Crippen LogP contribution in [0.2, 0.25) is 0 Å². The first kappa shape index (κ1) is 16.5. The van der Waals surface area contributed by atoms with E-state index in [0.29, 0.717) is 39.0 Å². The van der Waals surface area contributed by atoms with E-state index in [-0.39, 0.29) is 11.8 Å². The summed E-state index contributed by atoms with van der Waals surface area (Å²) in [4.78, 5) is 26.0. The quantitative estimate of drug-likeness (QED) is 0.784. The van der Waals surface area contributed by atoms with Crippen LogP contribution >= 0.6 is 0 Å². The van der Waals surface area contributed by atoms with Gasteiger partial charge in [0, 0.05) is 31.9 Å². The Labute approximate surface area is 131 Å². The number of nitrogens with one attached hydrogen (secondary N) is 1. The molecule has 0 aromatic heterocycles. The van der Waals surface area contributed by atoms with Crippen molar-refractivity contribution in [3.8, 4) is 0 Å². The largest absolute Gasteiger partial charge is 0.382 e. The molecular formula is C17H24N2O3. The van der Waals surface area contributed by atoms with Crippen molar-refractivity contribution in [2.24, 2.45) is 0 Å². The molecule has 1 aromatic carbocycles. The standard InChI is InChI=1S/C17H24N2O3/c1-3-22-12-4-5-16(20)18-15-10-11-19(17(15)21)14-8-6-13(2)7-9-14/h6-9,15H,3-5,10-12H2,1-2H3,(H,18,20). The molecule has 0 bridgehead atoms. The number of nitrogens with zero attached hydrogens (tertiary/aromatic N) is 1. The van der Waals surface area contributed by atoms with Crippen molar-refractivity contribution < 1.29 is 14.3 Å². The first-order valence-electron chi connectivity index (χ1n) is 7.87. The van der Waals surface area contributed by atoms with E-state index in [9.17, 15) is 9.59 Å². The molecule has 1 heterocycles. The summed E-state index contributed by atoms with van der Waals surface area (Å²) in [6.45, 7) is 5.83. The number of anilines is 1. The third kappa shape index (κ3) is 4.31. The Bertz CT molecular complexity index is 513. The summed E-state index contributed by atoms with van der Waals surface area (Å²) in [6.07, 6.45) is 1.74. The van der Waals surface area contributed by atoms with Gasteiger partial charge in [0.05, 0.1) is 0 Å². The summed E-state index contributed by atoms with van der Waals surface area (Å²) in [7, 11) is 0. The Kier molecular flexibility index (Phi) is 5.95. The van der Waals surface area contributed by atoms with Gasteiger partial charge in [0.15, 0.2) is 0 Å². The van der Waals surface area contributed by atoms with E-state index in [2.05, 4.69) is 5.32 Å². The molecule has 1 aliphatic heterocycles. The van der Waals surface area contributed by atoms with E-state index in [1.165, 1.54) is 0 Å². The van der Waals surface area contributed by atoms with Gasteiger partial charge in [-0.2, -0.15) is 0 Å². The highest BCUT2D eigenvalue weighted by Crippen LogP contribution is 2.22. The molecule has 1 fully saturated rings. The molecule has 0 saturated carbocycles. The zero-order chi connectivity index (χ0) is 15.9. The summed E-state index contributed by atoms with van der Waals surface area (Å²) in [5.41, 5.74) is 2.05. The maximum Gasteiger partial charge on any atom is 0.249 e. The van der Waals surface area contributed by atoms with Crippen LogP contribution in [-0.2, 0) is 14.3 Å². The van der Waals surface area contributed by atoms with Crippen LogP contribution in [0.15, 0.2) is 24.3 Å². The van der Waals surface area contributed by atoms with Crippen molar-refractivity contribution in [3.05, 3.63) is 29.8 Å². The lowest BCUT2D eigenvalue weighted by atomic mass is 10.2. The predicted molar refractivity (Wildman–Crippen MR) is 85.8 cm³/mol. The number of benzene rings is 1. The Morgan fingerprint density at radius 3 is 2.77 bits per heavy atom. The SMILES string of the molecule is CCOCCCC(=O)NC1CCN(c2ccc(C)cc2)C1=O. The monoisotopic (exact) mass is 304 g/mol. The van der Waals surface area contributed by atoms with Crippen LogP contribution in [-0.4, -0.2) is 37.6 Å². The van der Waals surface area contributed by atoms with E-state index >= 15 is 0 Å². The van der Waals surface area contributed by atoms with Gasteiger partial charge in [-0.05, 0) is 38.8 Å². The van der Waals surface area contributed by atoms with Crippen LogP contribution in [0.5, 0.6) is 0 Å². The smallest absolute Gasteiger partial charge is 0.249 e. The van der Waals surface area contributed by atoms with Crippen molar-refractivity contribution in [3.63, 3.8) is 0 Å². The molecule has 1 aromatic rings. The fraction of sp³-hybridized carbons (Fsp3) is 0.529. The summed E-state index contributed by atoms with van der Waals surface area (Å²) >= 11 is 0. The Morgan fingerprint density at radius 1 is 1.36 bits per heavy atom. The maximum absolute atomic E-state index is 12.4. The van der Waals surface area contributed by atoms with E-state index in [4.69, 9.17) is 4.74 Å². The van der Waals surface area contributed by atoms with Gasteiger partial charge in [-0.3, -0.25) is 9.59 Å². The molecule has 120 valence electrons. The number of ether oxygens (including phenoxy) is 1. The van der Waals surface area contributed by atoms with Gasteiger partial charge in [-0.25, -0.2) is 0 Å². The minimum atomic E-state index is -0.402. The van der Waals surface area contributed by atoms with E-state index < -0.39 is 6.04 Å². The van der Waals surface area contributed by atoms with E-state index in [1.807, 2.05) is 38.1 Å². The topological polar surface area (TPSA) is 58.6 Å². The maximum atomic E-state index is 12.4. The number of aryl methyl sites for hydroxylation is 1. The third-order valence-corrected chi connectivity index (χ3v) is 3.78. The molecule has 1 N–H and O–H groups in total. The number of amides is 2. The minimum absolute atomic E-state index is 0.0259. The van der Waals surface area contributed by atoms with Crippen LogP contribution in [0.25, 0.3) is 0 Å². The van der Waals surface area contributed by atoms with Crippen LogP contribution in [0.1, 0.15) is 31.7 Å². The van der Waals surface area contributed by atoms with E-state index in [1.54, 1.807) is 4.90 Å². The third-order valence-electron chi connectivity index (χ3n) is 3.78. The average molecular weight is 304 g/mol. The van der Waals surface area contributed by atoms with Gasteiger partial charge < -0.3 is 15.0 Å². The minimum Gasteiger partial charge on any atom is -0.382 e. The molecule has 1 atom stereocenters. The molecule has 2 rings (SSSR count). The first-order valence-corrected chi connectivity index (χ1v) is 7.87. The van der Waals surface area contributed by atoms with Gasteiger partial charge in [0.2, 0.25) is 11.8 Å². The van der Waals surface area contributed by atoms with Crippen molar-refractivity contribution in [2.75, 3.05) is 24.7 Å². The zero-order valence-corrected chi connectivity index (χ0v) is 13.3. The van der Waals surface area contributed by atoms with Crippen molar-refractivity contribution in [1.29, 1.82) is 0 Å². The number of rotatable bonds is 7. The Morgan fingerprint density at radius 2 is 2.09 bits per heavy atom. The highest BCUT2D eigenvalue weighted by molar-refractivity contribution is 6.01. The van der Waals surface area contributed by atoms with Crippen LogP contribution in [0, 0.1) is 6.92 Å². The number of hydrogen-bond acceptors (Lipinski definition) is 3. The summed E-state index contributed by atoms with van der Waals surface area (Å²) in [5, 5.41) is 2.83. The predicted octanol–water partition coefficient (Wildman–Crippen LogP) is 2.03. The molecule has 5 heteroatoms. The second-order valence-corrected chi connectivity index (χ2v) is 5.53. The molecule has 1 aliphatic rings. The van der Waals surface area contributed by atoms with Crippen LogP contribution in [0.4, 0.5) is 5.69 Å². The second kappa shape index (κ2) is 7.94. The van der Waals surface area contributed by atoms with Crippen molar-refractivity contribution >= 4 is 17.5 Å². The van der Waals surface area contributed by atoms with Crippen molar-refractivity contribution in [2.45, 2.75) is 39.2 Å². The molecule has 0 spiro atoms. The summed E-state index contributed by atoms with van der Waals surface area (Å²) < 4.78 is 5.20. The normalized spacial score (nSPS) is 17.8. The molecular weight excluding hydrogens is 280 g/mol. The van der Waals surface area contributed by atoms with Gasteiger partial charge in [-0.15, -0.1) is 0 Å². The Balaban J connectivity index is 1.83. The van der Waals surface area contributed by atoms with Crippen LogP contribution < -0.4 is 10.2 Å². The molecule has 0 radical (unpaired) electrons. The lowest BCUT2D eigenvalue weighted by Crippen LogP contribution is -2.41. The highest BCUT2D eigenvalue weighted by atomic mass is 16.5. The molecule has 1 saturated heterocycles. The Hall–Kier alpha value is -1.88. The number of hydrogen-bond donors (Lipinski definition) is 1. The lowest BCUT2D eigenvalue weighted by molar-refractivity contribution is -0.126.